The zero-order valence-electron chi connectivity index (χ0n) is 19.8. The molecule has 0 atom stereocenters. The minimum Gasteiger partial charge on any atom is -0.275 e. The number of hydrogen-bond acceptors (Lipinski definition) is 4. The van der Waals surface area contributed by atoms with Crippen molar-refractivity contribution in [3.63, 3.8) is 0 Å². The van der Waals surface area contributed by atoms with Crippen molar-refractivity contribution in [1.82, 2.24) is 9.37 Å². The van der Waals surface area contributed by atoms with Gasteiger partial charge < -0.3 is 0 Å². The Kier molecular flexibility index (Phi) is 9.25. The Labute approximate surface area is 197 Å². The van der Waals surface area contributed by atoms with Crippen LogP contribution >= 0.6 is 0 Å². The average Bonchev–Trinajstić information content (AvgIpc) is 2.80. The maximum Gasteiger partial charge on any atom is 0.252 e. The van der Waals surface area contributed by atoms with Crippen LogP contribution in [0.3, 0.4) is 0 Å². The Morgan fingerprint density at radius 2 is 1.58 bits per heavy atom. The van der Waals surface area contributed by atoms with Crippen molar-refractivity contribution in [3.05, 3.63) is 65.7 Å². The van der Waals surface area contributed by atoms with Gasteiger partial charge in [0.2, 0.25) is 10.0 Å². The molecule has 2 rings (SSSR count). The van der Waals surface area contributed by atoms with E-state index >= 15 is 0 Å². The van der Waals surface area contributed by atoms with Gasteiger partial charge in [-0.2, -0.15) is 4.31 Å². The van der Waals surface area contributed by atoms with E-state index < -0.39 is 15.4 Å². The molecule has 7 heteroatoms. The number of sulfonamides is 1. The van der Waals surface area contributed by atoms with E-state index in [2.05, 4.69) is 23.7 Å². The van der Waals surface area contributed by atoms with E-state index in [0.29, 0.717) is 0 Å². The predicted molar refractivity (Wildman–Crippen MR) is 129 cm³/mol. The zero-order chi connectivity index (χ0) is 24.5. The van der Waals surface area contributed by atoms with Gasteiger partial charge >= 0.3 is 0 Å². The van der Waals surface area contributed by atoms with E-state index in [-0.39, 0.29) is 30.3 Å². The molecule has 0 heterocycles. The number of carbonyl (C=O) groups excluding carboxylic acids is 1. The number of amides is 1. The number of hydrogen-bond donors (Lipinski definition) is 0. The van der Waals surface area contributed by atoms with Crippen LogP contribution in [0.5, 0.6) is 0 Å². The lowest BCUT2D eigenvalue weighted by Crippen LogP contribution is -2.37. The quantitative estimate of drug-likeness (QED) is 0.463. The molecule has 2 aromatic carbocycles. The van der Waals surface area contributed by atoms with Crippen LogP contribution in [0.25, 0.3) is 0 Å². The molecule has 0 saturated heterocycles. The Morgan fingerprint density at radius 3 is 2.18 bits per heavy atom. The fourth-order valence-electron chi connectivity index (χ4n) is 2.85. The molecule has 0 fully saturated rings. The van der Waals surface area contributed by atoms with Crippen molar-refractivity contribution in [1.29, 1.82) is 0 Å². The van der Waals surface area contributed by atoms with Crippen LogP contribution in [0.4, 0.5) is 0 Å². The summed E-state index contributed by atoms with van der Waals surface area (Å²) in [4.78, 5) is 17.5. The molecule has 174 valence electrons. The highest BCUT2D eigenvalue weighted by atomic mass is 32.2. The number of hydroxylamine groups is 2. The van der Waals surface area contributed by atoms with Crippen molar-refractivity contribution in [3.8, 4) is 23.7 Å². The molecule has 0 radical (unpaired) electrons. The van der Waals surface area contributed by atoms with Gasteiger partial charge in [-0.25, -0.2) is 13.5 Å². The minimum absolute atomic E-state index is 0.00544. The van der Waals surface area contributed by atoms with Crippen LogP contribution in [0.2, 0.25) is 0 Å². The highest BCUT2D eigenvalue weighted by Gasteiger charge is 2.30. The molecule has 0 unspecified atom stereocenters. The summed E-state index contributed by atoms with van der Waals surface area (Å²) in [5, 5.41) is 1.16. The largest absolute Gasteiger partial charge is 0.275 e. The highest BCUT2D eigenvalue weighted by Crippen LogP contribution is 2.22. The number of aryl methyl sites for hydroxylation is 1. The van der Waals surface area contributed by atoms with Gasteiger partial charge in [0.25, 0.3) is 5.91 Å². The molecule has 0 spiro atoms. The van der Waals surface area contributed by atoms with Gasteiger partial charge in [-0.1, -0.05) is 67.5 Å². The maximum atomic E-state index is 13.2. The minimum atomic E-state index is -3.79. The second-order valence-electron chi connectivity index (χ2n) is 8.15. The summed E-state index contributed by atoms with van der Waals surface area (Å²) >= 11 is 0. The lowest BCUT2D eigenvalue weighted by atomic mass is 9.88. The fraction of sp³-hybridized carbons (Fsp3) is 0.346. The second kappa shape index (κ2) is 11.7. The molecule has 0 aliphatic rings. The van der Waals surface area contributed by atoms with E-state index in [9.17, 15) is 13.2 Å². The summed E-state index contributed by atoms with van der Waals surface area (Å²) in [7, 11) is -0.828. The summed E-state index contributed by atoms with van der Waals surface area (Å²) in [5.41, 5.74) is 1.00. The van der Waals surface area contributed by atoms with Crippen LogP contribution in [-0.2, 0) is 19.7 Å². The number of nitrogens with zero attached hydrogens (tertiary/aromatic N) is 2. The van der Waals surface area contributed by atoms with Crippen LogP contribution in [0.1, 0.15) is 31.4 Å². The summed E-state index contributed by atoms with van der Waals surface area (Å²) in [6.45, 7) is 5.39. The zero-order valence-corrected chi connectivity index (χ0v) is 20.6. The van der Waals surface area contributed by atoms with Crippen molar-refractivity contribution in [2.75, 3.05) is 27.2 Å². The van der Waals surface area contributed by atoms with Gasteiger partial charge in [0.05, 0.1) is 30.5 Å². The standard InChI is InChI=1S/C26H30N2O4S/c1-22-15-17-24(18-16-22)33(30,31)28(21-11-14-23-12-7-6-8-13-23)20-10-9-19-26(2,3)25(29)27(4)32-5/h6-8,12-13,15-18H,19-21H2,1-5H3. The second-order valence-corrected chi connectivity index (χ2v) is 10.1. The molecular formula is C26H30N2O4S. The van der Waals surface area contributed by atoms with Crippen LogP contribution < -0.4 is 0 Å². The molecular weight excluding hydrogens is 436 g/mol. The van der Waals surface area contributed by atoms with E-state index in [0.717, 1.165) is 16.2 Å². The Hall–Kier alpha value is -3.10. The molecule has 0 aromatic heterocycles. The van der Waals surface area contributed by atoms with Gasteiger partial charge in [0.1, 0.15) is 0 Å². The topological polar surface area (TPSA) is 66.9 Å². The van der Waals surface area contributed by atoms with E-state index in [1.165, 1.54) is 11.4 Å². The van der Waals surface area contributed by atoms with Crippen molar-refractivity contribution in [2.24, 2.45) is 5.41 Å². The van der Waals surface area contributed by atoms with E-state index in [1.807, 2.05) is 37.3 Å². The van der Waals surface area contributed by atoms with Crippen molar-refractivity contribution >= 4 is 15.9 Å². The molecule has 0 bridgehead atoms. The summed E-state index contributed by atoms with van der Waals surface area (Å²) < 4.78 is 27.7. The first-order valence-corrected chi connectivity index (χ1v) is 11.9. The first-order chi connectivity index (χ1) is 15.6. The van der Waals surface area contributed by atoms with Gasteiger partial charge in [0.15, 0.2) is 0 Å². The number of benzene rings is 2. The van der Waals surface area contributed by atoms with E-state index in [4.69, 9.17) is 4.84 Å². The molecule has 2 aromatic rings. The molecule has 0 N–H and O–H groups in total. The monoisotopic (exact) mass is 466 g/mol. The van der Waals surface area contributed by atoms with Crippen LogP contribution in [-0.4, -0.2) is 50.9 Å². The Bertz CT molecular complexity index is 1170. The van der Waals surface area contributed by atoms with Gasteiger partial charge in [-0.05, 0) is 31.2 Å². The molecule has 1 amide bonds. The molecule has 0 saturated carbocycles. The lowest BCUT2D eigenvalue weighted by molar-refractivity contribution is -0.178. The number of carbonyl (C=O) groups is 1. The third-order valence-corrected chi connectivity index (χ3v) is 6.78. The van der Waals surface area contributed by atoms with E-state index in [1.54, 1.807) is 45.2 Å². The Balaban J connectivity index is 2.23. The summed E-state index contributed by atoms with van der Waals surface area (Å²) in [6, 6.07) is 16.0. The van der Waals surface area contributed by atoms with Crippen molar-refractivity contribution in [2.45, 2.75) is 32.1 Å². The SMILES string of the molecule is CON(C)C(=O)C(C)(C)CC#CCN(CC#Cc1ccccc1)S(=O)(=O)c1ccc(C)cc1. The van der Waals surface area contributed by atoms with Gasteiger partial charge in [-0.15, -0.1) is 5.92 Å². The predicted octanol–water partition coefficient (Wildman–Crippen LogP) is 3.48. The third kappa shape index (κ3) is 7.47. The van der Waals surface area contributed by atoms with Crippen molar-refractivity contribution < 1.29 is 18.0 Å². The summed E-state index contributed by atoms with van der Waals surface area (Å²) in [5.74, 6) is 11.6. The molecule has 6 nitrogen and oxygen atoms in total. The Morgan fingerprint density at radius 1 is 0.970 bits per heavy atom. The molecule has 0 aliphatic carbocycles. The third-order valence-electron chi connectivity index (χ3n) is 4.97. The fourth-order valence-corrected chi connectivity index (χ4v) is 4.10. The first-order valence-electron chi connectivity index (χ1n) is 10.5. The molecule has 33 heavy (non-hydrogen) atoms. The first kappa shape index (κ1) is 26.2. The number of rotatable bonds is 7. The highest BCUT2D eigenvalue weighted by molar-refractivity contribution is 7.89. The van der Waals surface area contributed by atoms with Crippen LogP contribution in [0.15, 0.2) is 59.5 Å². The lowest BCUT2D eigenvalue weighted by Gasteiger charge is -2.25. The smallest absolute Gasteiger partial charge is 0.252 e. The molecule has 0 aliphatic heterocycles. The van der Waals surface area contributed by atoms with Crippen LogP contribution in [0, 0.1) is 36.0 Å². The van der Waals surface area contributed by atoms with Gasteiger partial charge in [0, 0.05) is 19.0 Å². The summed E-state index contributed by atoms with van der Waals surface area (Å²) in [6.07, 6.45) is 0.258. The normalized spacial score (nSPS) is 11.2. The maximum absolute atomic E-state index is 13.2. The average molecular weight is 467 g/mol. The van der Waals surface area contributed by atoms with Gasteiger partial charge in [-0.3, -0.25) is 9.63 Å².